The topological polar surface area (TPSA) is 9.23 Å². The quantitative estimate of drug-likeness (QED) is 0.663. The van der Waals surface area contributed by atoms with Crippen LogP contribution >= 0.6 is 0 Å². The highest BCUT2D eigenvalue weighted by atomic mass is 28.4. The Morgan fingerprint density at radius 3 is 2.00 bits per heavy atom. The van der Waals surface area contributed by atoms with Gasteiger partial charge in [-0.3, -0.25) is 0 Å². The summed E-state index contributed by atoms with van der Waals surface area (Å²) < 4.78 is 5.85. The molecule has 0 amide bonds. The molecule has 1 aromatic carbocycles. The van der Waals surface area contributed by atoms with Gasteiger partial charge in [0.25, 0.3) is 8.32 Å². The van der Waals surface area contributed by atoms with Crippen LogP contribution < -0.4 is 0 Å². The number of hydrogen-bond acceptors (Lipinski definition) is 1. The molecule has 0 spiro atoms. The highest BCUT2D eigenvalue weighted by Crippen LogP contribution is 2.12. The molecule has 0 aromatic heterocycles. The van der Waals surface area contributed by atoms with Crippen molar-refractivity contribution in [1.29, 1.82) is 0 Å². The maximum Gasteiger partial charge on any atom is 0.265 e. The lowest BCUT2D eigenvalue weighted by atomic mass is 10.2. The van der Waals surface area contributed by atoms with E-state index in [0.29, 0.717) is 6.61 Å². The van der Waals surface area contributed by atoms with Gasteiger partial charge in [-0.2, -0.15) is 0 Å². The van der Waals surface area contributed by atoms with Crippen LogP contribution in [0.25, 0.3) is 0 Å². The molecule has 0 N–H and O–H groups in total. The number of benzene rings is 1. The van der Waals surface area contributed by atoms with E-state index in [1.807, 2.05) is 47.4 Å². The molecule has 1 nitrogen and oxygen atoms in total. The minimum Gasteiger partial charge on any atom is -0.401 e. The smallest absolute Gasteiger partial charge is 0.265 e. The van der Waals surface area contributed by atoms with Gasteiger partial charge in [0.2, 0.25) is 0 Å². The zero-order valence-electron chi connectivity index (χ0n) is 8.86. The summed E-state index contributed by atoms with van der Waals surface area (Å²) >= 11 is 0. The molecule has 0 aliphatic carbocycles. The number of rotatable bonds is 6. The van der Waals surface area contributed by atoms with Crippen LogP contribution in [-0.4, -0.2) is 8.32 Å². The zero-order valence-corrected chi connectivity index (χ0v) is 9.86. The Morgan fingerprint density at radius 2 is 1.53 bits per heavy atom. The standard InChI is InChI=1S/C13H16OSi/c1-4-15(5-2,6-3)14-12-13-10-8-7-9-11-13/h4-11H,1-3,12H2. The first-order valence-electron chi connectivity index (χ1n) is 4.85. The van der Waals surface area contributed by atoms with Crippen molar-refractivity contribution in [3.05, 3.63) is 72.7 Å². The molecule has 0 aliphatic rings. The van der Waals surface area contributed by atoms with E-state index in [2.05, 4.69) is 19.7 Å². The van der Waals surface area contributed by atoms with Crippen molar-refractivity contribution < 1.29 is 4.43 Å². The highest BCUT2D eigenvalue weighted by molar-refractivity contribution is 6.87. The molecule has 0 heterocycles. The van der Waals surface area contributed by atoms with Crippen molar-refractivity contribution >= 4 is 8.32 Å². The lowest BCUT2D eigenvalue weighted by Crippen LogP contribution is -2.31. The predicted octanol–water partition coefficient (Wildman–Crippen LogP) is 3.32. The van der Waals surface area contributed by atoms with Crippen LogP contribution in [0.3, 0.4) is 0 Å². The Bertz CT molecular complexity index is 321. The molecule has 0 atom stereocenters. The molecule has 0 unspecified atom stereocenters. The molecule has 2 heteroatoms. The van der Waals surface area contributed by atoms with Crippen molar-refractivity contribution in [3.63, 3.8) is 0 Å². The van der Waals surface area contributed by atoms with Gasteiger partial charge < -0.3 is 4.43 Å². The van der Waals surface area contributed by atoms with Gasteiger partial charge >= 0.3 is 0 Å². The zero-order chi connectivity index (χ0) is 11.1. The Labute approximate surface area is 92.5 Å². The van der Waals surface area contributed by atoms with Crippen LogP contribution in [0.4, 0.5) is 0 Å². The third-order valence-electron chi connectivity index (χ3n) is 2.29. The summed E-state index contributed by atoms with van der Waals surface area (Å²) in [4.78, 5) is 0. The first-order valence-corrected chi connectivity index (χ1v) is 6.99. The van der Waals surface area contributed by atoms with Crippen LogP contribution in [0, 0.1) is 0 Å². The van der Waals surface area contributed by atoms with Crippen LogP contribution in [0.1, 0.15) is 5.56 Å². The normalized spacial score (nSPS) is 10.7. The summed E-state index contributed by atoms with van der Waals surface area (Å²) in [6.07, 6.45) is 0. The average Bonchev–Trinajstić information content (AvgIpc) is 2.33. The van der Waals surface area contributed by atoms with E-state index in [0.717, 1.165) is 5.56 Å². The first-order chi connectivity index (χ1) is 7.26. The van der Waals surface area contributed by atoms with Crippen molar-refractivity contribution in [2.75, 3.05) is 0 Å². The Morgan fingerprint density at radius 1 is 1.00 bits per heavy atom. The van der Waals surface area contributed by atoms with Crippen molar-refractivity contribution in [2.45, 2.75) is 6.61 Å². The van der Waals surface area contributed by atoms with Gasteiger partial charge in [0, 0.05) is 0 Å². The summed E-state index contributed by atoms with van der Waals surface area (Å²) in [7, 11) is -2.11. The molecular formula is C13H16OSi. The van der Waals surface area contributed by atoms with E-state index in [1.165, 1.54) is 0 Å². The minimum atomic E-state index is -2.11. The second-order valence-electron chi connectivity index (χ2n) is 3.24. The molecule has 1 aromatic rings. The van der Waals surface area contributed by atoms with E-state index in [9.17, 15) is 0 Å². The van der Waals surface area contributed by atoms with E-state index in [1.54, 1.807) is 0 Å². The summed E-state index contributed by atoms with van der Waals surface area (Å²) in [5.41, 5.74) is 6.64. The summed E-state index contributed by atoms with van der Waals surface area (Å²) in [6, 6.07) is 10.1. The molecular weight excluding hydrogens is 200 g/mol. The first kappa shape index (κ1) is 11.7. The molecule has 0 bridgehead atoms. The molecule has 0 saturated carbocycles. The van der Waals surface area contributed by atoms with Crippen LogP contribution in [0.5, 0.6) is 0 Å². The van der Waals surface area contributed by atoms with Gasteiger partial charge in [0.1, 0.15) is 0 Å². The molecule has 0 radical (unpaired) electrons. The fourth-order valence-corrected chi connectivity index (χ4v) is 2.48. The maximum absolute atomic E-state index is 5.85. The van der Waals surface area contributed by atoms with E-state index < -0.39 is 8.32 Å². The van der Waals surface area contributed by atoms with Gasteiger partial charge in [-0.15, -0.1) is 19.7 Å². The third kappa shape index (κ3) is 3.04. The monoisotopic (exact) mass is 216 g/mol. The van der Waals surface area contributed by atoms with Crippen molar-refractivity contribution in [1.82, 2.24) is 0 Å². The average molecular weight is 216 g/mol. The molecule has 78 valence electrons. The molecule has 1 rings (SSSR count). The van der Waals surface area contributed by atoms with Gasteiger partial charge in [0.05, 0.1) is 6.61 Å². The molecule has 0 fully saturated rings. The largest absolute Gasteiger partial charge is 0.401 e. The van der Waals surface area contributed by atoms with Crippen molar-refractivity contribution in [3.8, 4) is 0 Å². The van der Waals surface area contributed by atoms with Gasteiger partial charge in [-0.25, -0.2) is 0 Å². The predicted molar refractivity (Wildman–Crippen MR) is 67.6 cm³/mol. The lowest BCUT2D eigenvalue weighted by molar-refractivity contribution is 0.309. The van der Waals surface area contributed by atoms with E-state index in [-0.39, 0.29) is 0 Å². The van der Waals surface area contributed by atoms with Gasteiger partial charge in [-0.1, -0.05) is 47.4 Å². The summed E-state index contributed by atoms with van der Waals surface area (Å²) in [5, 5.41) is 0. The van der Waals surface area contributed by atoms with Gasteiger partial charge in [0.15, 0.2) is 0 Å². The number of hydrogen-bond donors (Lipinski definition) is 0. The Kier molecular flexibility index (Phi) is 4.28. The lowest BCUT2D eigenvalue weighted by Gasteiger charge is -2.20. The van der Waals surface area contributed by atoms with Gasteiger partial charge in [-0.05, 0) is 5.56 Å². The van der Waals surface area contributed by atoms with Crippen LogP contribution in [0.15, 0.2) is 67.2 Å². The third-order valence-corrected chi connectivity index (χ3v) is 4.85. The summed E-state index contributed by atoms with van der Waals surface area (Å²) in [6.45, 7) is 11.9. The second-order valence-corrected chi connectivity index (χ2v) is 6.46. The Balaban J connectivity index is 2.66. The van der Waals surface area contributed by atoms with E-state index in [4.69, 9.17) is 4.43 Å². The highest BCUT2D eigenvalue weighted by Gasteiger charge is 2.23. The molecule has 15 heavy (non-hydrogen) atoms. The second kappa shape index (κ2) is 5.49. The minimum absolute atomic E-state index is 0.580. The SMILES string of the molecule is C=C[Si](C=C)(C=C)OCc1ccccc1. The van der Waals surface area contributed by atoms with E-state index >= 15 is 0 Å². The molecule has 0 aliphatic heterocycles. The fourth-order valence-electron chi connectivity index (χ4n) is 1.21. The maximum atomic E-state index is 5.85. The summed E-state index contributed by atoms with van der Waals surface area (Å²) in [5.74, 6) is 0. The molecule has 0 saturated heterocycles. The van der Waals surface area contributed by atoms with Crippen molar-refractivity contribution in [2.24, 2.45) is 0 Å². The fraction of sp³-hybridized carbons (Fsp3) is 0.0769. The van der Waals surface area contributed by atoms with Crippen LogP contribution in [-0.2, 0) is 11.0 Å². The Hall–Kier alpha value is -1.38. The van der Waals surface area contributed by atoms with Crippen LogP contribution in [0.2, 0.25) is 0 Å².